The summed E-state index contributed by atoms with van der Waals surface area (Å²) in [6, 6.07) is 0. The van der Waals surface area contributed by atoms with Crippen molar-refractivity contribution in [2.24, 2.45) is 50.7 Å². The molecule has 0 amide bonds. The number of unbranched alkanes of at least 4 members (excludes halogenated alkanes) is 12. The maximum atomic E-state index is 13.2. The van der Waals surface area contributed by atoms with Crippen LogP contribution >= 0.6 is 0 Å². The fraction of sp³-hybridized carbons (Fsp3) is 0.891. The van der Waals surface area contributed by atoms with Gasteiger partial charge in [0, 0.05) is 23.7 Å². The summed E-state index contributed by atoms with van der Waals surface area (Å²) in [5.41, 5.74) is 3.28. The number of aliphatic hydroxyl groups is 1. The minimum Gasteiger partial charge on any atom is -0.462 e. The molecule has 0 radical (unpaired) electrons. The molecule has 4 saturated carbocycles. The van der Waals surface area contributed by atoms with Gasteiger partial charge in [-0.25, -0.2) is 0 Å². The molecule has 0 aliphatic heterocycles. The molecule has 0 aromatic heterocycles. The molecule has 0 heterocycles. The predicted octanol–water partition coefficient (Wildman–Crippen LogP) is 12.9. The Balaban J connectivity index is 1.17. The maximum absolute atomic E-state index is 13.2. The Kier molecular flexibility index (Phi) is 12.4. The zero-order valence-corrected chi connectivity index (χ0v) is 33.7. The van der Waals surface area contributed by atoms with E-state index in [1.54, 1.807) is 5.57 Å². The molecule has 3 nitrogen and oxygen atoms in total. The van der Waals surface area contributed by atoms with Crippen LogP contribution in [-0.2, 0) is 9.53 Å². The largest absolute Gasteiger partial charge is 0.462 e. The third-order valence-corrected chi connectivity index (χ3v) is 16.6. The SMILES string of the molecule is CCCCCCCCCCCCCCCC(=O)O[C@H]1C[C@@H](O)[C@]2(C)C3=CC=C4[C@@H]5[C@@H](C)[C@H](C)CC[C@]5(C)CC[C@@]4(C)[C@]3(C)CC[C@H]2C1(C)C. The Morgan fingerprint density at radius 1 is 0.755 bits per heavy atom. The van der Waals surface area contributed by atoms with Crippen LogP contribution < -0.4 is 0 Å². The van der Waals surface area contributed by atoms with Crippen LogP contribution in [0.15, 0.2) is 23.3 Å². The van der Waals surface area contributed by atoms with Gasteiger partial charge in [0.15, 0.2) is 0 Å². The van der Waals surface area contributed by atoms with Gasteiger partial charge in [-0.2, -0.15) is 0 Å². The van der Waals surface area contributed by atoms with Gasteiger partial charge < -0.3 is 9.84 Å². The Morgan fingerprint density at radius 3 is 1.96 bits per heavy atom. The first-order valence-electron chi connectivity index (χ1n) is 21.5. The quantitative estimate of drug-likeness (QED) is 0.138. The second-order valence-corrected chi connectivity index (χ2v) is 19.8. The lowest BCUT2D eigenvalue weighted by Gasteiger charge is -2.69. The second-order valence-electron chi connectivity index (χ2n) is 19.8. The average molecular weight is 679 g/mol. The van der Waals surface area contributed by atoms with E-state index in [0.29, 0.717) is 30.1 Å². The van der Waals surface area contributed by atoms with Gasteiger partial charge in [0.2, 0.25) is 0 Å². The van der Waals surface area contributed by atoms with Crippen LogP contribution in [0.2, 0.25) is 0 Å². The van der Waals surface area contributed by atoms with E-state index in [0.717, 1.165) is 31.6 Å². The van der Waals surface area contributed by atoms with Gasteiger partial charge in [-0.1, -0.05) is 163 Å². The highest BCUT2D eigenvalue weighted by atomic mass is 16.5. The van der Waals surface area contributed by atoms with E-state index < -0.39 is 6.10 Å². The number of hydrogen-bond donors (Lipinski definition) is 1. The minimum absolute atomic E-state index is 0.0406. The summed E-state index contributed by atoms with van der Waals surface area (Å²) in [6.45, 7) is 22.1. The standard InChI is InChI=1S/C46H78O3/c1-10-11-12-13-14-15-16-17-18-19-20-21-22-23-40(48)49-39-32-38(47)46(9)36(42(39,4)5)27-29-45(8)37(46)25-24-35-41-34(3)33(2)26-28-43(41,6)30-31-44(35,45)7/h24-25,33-34,36,38-39,41,47H,10-23,26-32H2,1-9H3/t33-,34+,36+,38-,39+,41+,43-,44-,45-,46+/m1/s1. The van der Waals surface area contributed by atoms with Gasteiger partial charge >= 0.3 is 5.97 Å². The van der Waals surface area contributed by atoms with Crippen LogP contribution in [0.25, 0.3) is 0 Å². The first-order chi connectivity index (χ1) is 23.2. The molecule has 0 bridgehead atoms. The summed E-state index contributed by atoms with van der Waals surface area (Å²) in [5.74, 6) is 2.36. The summed E-state index contributed by atoms with van der Waals surface area (Å²) in [7, 11) is 0. The topological polar surface area (TPSA) is 46.5 Å². The molecular formula is C46H78O3. The van der Waals surface area contributed by atoms with Crippen molar-refractivity contribution in [3.05, 3.63) is 23.3 Å². The molecule has 1 N–H and O–H groups in total. The molecule has 0 aromatic rings. The molecule has 5 aliphatic rings. The summed E-state index contributed by atoms with van der Waals surface area (Å²) in [5, 5.41) is 12.2. The number of esters is 1. The number of fused-ring (bicyclic) bond motifs is 7. The van der Waals surface area contributed by atoms with Gasteiger partial charge in [0.1, 0.15) is 6.10 Å². The van der Waals surface area contributed by atoms with Crippen LogP contribution in [0, 0.1) is 50.7 Å². The molecule has 49 heavy (non-hydrogen) atoms. The molecule has 280 valence electrons. The fourth-order valence-corrected chi connectivity index (χ4v) is 12.8. The maximum Gasteiger partial charge on any atom is 0.306 e. The van der Waals surface area contributed by atoms with Gasteiger partial charge in [-0.15, -0.1) is 0 Å². The number of carbonyl (C=O) groups is 1. The lowest BCUT2D eigenvalue weighted by Crippen LogP contribution is -2.65. The van der Waals surface area contributed by atoms with Crippen LogP contribution in [-0.4, -0.2) is 23.3 Å². The number of rotatable bonds is 15. The van der Waals surface area contributed by atoms with E-state index in [2.05, 4.69) is 74.5 Å². The van der Waals surface area contributed by atoms with E-state index in [1.165, 1.54) is 102 Å². The first-order valence-corrected chi connectivity index (χ1v) is 21.5. The van der Waals surface area contributed by atoms with E-state index in [-0.39, 0.29) is 39.7 Å². The third kappa shape index (κ3) is 7.17. The van der Waals surface area contributed by atoms with Crippen molar-refractivity contribution in [3.63, 3.8) is 0 Å². The van der Waals surface area contributed by atoms with Crippen molar-refractivity contribution < 1.29 is 14.6 Å². The van der Waals surface area contributed by atoms with Crippen molar-refractivity contribution in [2.45, 2.75) is 209 Å². The third-order valence-electron chi connectivity index (χ3n) is 16.6. The Morgan fingerprint density at radius 2 is 1.35 bits per heavy atom. The predicted molar refractivity (Wildman–Crippen MR) is 206 cm³/mol. The van der Waals surface area contributed by atoms with Gasteiger partial charge in [0.25, 0.3) is 0 Å². The summed E-state index contributed by atoms with van der Waals surface area (Å²) in [4.78, 5) is 13.2. The minimum atomic E-state index is -0.508. The van der Waals surface area contributed by atoms with Gasteiger partial charge in [-0.3, -0.25) is 4.79 Å². The number of carbonyl (C=O) groups excluding carboxylic acids is 1. The zero-order valence-electron chi connectivity index (χ0n) is 33.7. The molecule has 0 spiro atoms. The lowest BCUT2D eigenvalue weighted by atomic mass is 9.35. The number of allylic oxidation sites excluding steroid dienone is 3. The summed E-state index contributed by atoms with van der Waals surface area (Å²) in [6.07, 6.45) is 29.9. The van der Waals surface area contributed by atoms with Crippen LogP contribution in [0.1, 0.15) is 197 Å². The van der Waals surface area contributed by atoms with Crippen molar-refractivity contribution in [2.75, 3.05) is 0 Å². The van der Waals surface area contributed by atoms with E-state index >= 15 is 0 Å². The van der Waals surface area contributed by atoms with Crippen molar-refractivity contribution >= 4 is 5.97 Å². The van der Waals surface area contributed by atoms with Crippen LogP contribution in [0.4, 0.5) is 0 Å². The number of hydrogen-bond acceptors (Lipinski definition) is 3. The molecular weight excluding hydrogens is 601 g/mol. The van der Waals surface area contributed by atoms with Crippen molar-refractivity contribution in [3.8, 4) is 0 Å². The lowest BCUT2D eigenvalue weighted by molar-refractivity contribution is -0.197. The molecule has 0 aromatic carbocycles. The highest BCUT2D eigenvalue weighted by molar-refractivity contribution is 5.69. The molecule has 4 fully saturated rings. The Hall–Kier alpha value is -1.09. The molecule has 5 rings (SSSR count). The Bertz CT molecular complexity index is 1200. The van der Waals surface area contributed by atoms with Gasteiger partial charge in [0.05, 0.1) is 6.10 Å². The average Bonchev–Trinajstić information content (AvgIpc) is 3.05. The van der Waals surface area contributed by atoms with E-state index in [1.807, 2.05) is 0 Å². The monoisotopic (exact) mass is 679 g/mol. The normalized spacial score (nSPS) is 41.0. The summed E-state index contributed by atoms with van der Waals surface area (Å²) < 4.78 is 6.31. The number of ether oxygens (including phenoxy) is 1. The second kappa shape index (κ2) is 15.5. The molecule has 0 saturated heterocycles. The molecule has 3 heteroatoms. The molecule has 5 aliphatic carbocycles. The van der Waals surface area contributed by atoms with E-state index in [4.69, 9.17) is 4.74 Å². The number of aliphatic hydroxyl groups excluding tert-OH is 1. The molecule has 10 atom stereocenters. The fourth-order valence-electron chi connectivity index (χ4n) is 12.8. The van der Waals surface area contributed by atoms with Crippen molar-refractivity contribution in [1.29, 1.82) is 0 Å². The first kappa shape index (κ1) is 39.1. The zero-order chi connectivity index (χ0) is 35.7. The van der Waals surface area contributed by atoms with Gasteiger partial charge in [-0.05, 0) is 84.9 Å². The van der Waals surface area contributed by atoms with Crippen molar-refractivity contribution in [1.82, 2.24) is 0 Å². The van der Waals surface area contributed by atoms with Crippen LogP contribution in [0.3, 0.4) is 0 Å². The smallest absolute Gasteiger partial charge is 0.306 e. The highest BCUT2D eigenvalue weighted by Gasteiger charge is 2.68. The molecule has 0 unspecified atom stereocenters. The Labute approximate surface area is 303 Å². The van der Waals surface area contributed by atoms with Crippen LogP contribution in [0.5, 0.6) is 0 Å². The highest BCUT2D eigenvalue weighted by Crippen LogP contribution is 2.74. The summed E-state index contributed by atoms with van der Waals surface area (Å²) >= 11 is 0. The van der Waals surface area contributed by atoms with E-state index in [9.17, 15) is 9.90 Å².